The summed E-state index contributed by atoms with van der Waals surface area (Å²) in [6.07, 6.45) is 8.69. The van der Waals surface area contributed by atoms with Crippen LogP contribution in [-0.4, -0.2) is 35.0 Å². The SMILES string of the molecule is COc1cccc(NC(=O)Nc2cnc3ccc(C(=O)NCC4CCCCC4)cn3c2=O)c1. The van der Waals surface area contributed by atoms with Crippen LogP contribution >= 0.6 is 0 Å². The molecule has 0 radical (unpaired) electrons. The lowest BCUT2D eigenvalue weighted by molar-refractivity contribution is 0.0943. The van der Waals surface area contributed by atoms with Gasteiger partial charge < -0.3 is 20.7 Å². The van der Waals surface area contributed by atoms with Gasteiger partial charge in [0.2, 0.25) is 0 Å². The maximum atomic E-state index is 12.9. The van der Waals surface area contributed by atoms with Crippen LogP contribution in [0.5, 0.6) is 5.75 Å². The number of pyridine rings is 1. The van der Waals surface area contributed by atoms with Gasteiger partial charge in [0.25, 0.3) is 11.5 Å². The highest BCUT2D eigenvalue weighted by Gasteiger charge is 2.16. The number of urea groups is 1. The van der Waals surface area contributed by atoms with E-state index >= 15 is 0 Å². The molecule has 0 unspecified atom stereocenters. The Morgan fingerprint density at radius 2 is 1.94 bits per heavy atom. The lowest BCUT2D eigenvalue weighted by atomic mass is 9.89. The van der Waals surface area contributed by atoms with E-state index in [1.807, 2.05) is 0 Å². The summed E-state index contributed by atoms with van der Waals surface area (Å²) in [7, 11) is 1.53. The molecule has 0 bridgehead atoms. The minimum absolute atomic E-state index is 0.00680. The molecule has 33 heavy (non-hydrogen) atoms. The highest BCUT2D eigenvalue weighted by molar-refractivity contribution is 5.99. The molecule has 1 saturated carbocycles. The molecular formula is C24H27N5O4. The van der Waals surface area contributed by atoms with Crippen LogP contribution < -0.4 is 26.2 Å². The number of aromatic nitrogens is 2. The number of carbonyl (C=O) groups excluding carboxylic acids is 2. The van der Waals surface area contributed by atoms with Crippen LogP contribution in [0.3, 0.4) is 0 Å². The van der Waals surface area contributed by atoms with Gasteiger partial charge in [-0.05, 0) is 43.0 Å². The third-order valence-corrected chi connectivity index (χ3v) is 5.82. The lowest BCUT2D eigenvalue weighted by Crippen LogP contribution is -2.31. The van der Waals surface area contributed by atoms with Gasteiger partial charge in [-0.25, -0.2) is 9.78 Å². The molecule has 3 amide bonds. The van der Waals surface area contributed by atoms with E-state index in [1.54, 1.807) is 36.4 Å². The largest absolute Gasteiger partial charge is 0.497 e. The van der Waals surface area contributed by atoms with Crippen LogP contribution in [0.25, 0.3) is 5.65 Å². The number of nitrogens with one attached hydrogen (secondary N) is 3. The summed E-state index contributed by atoms with van der Waals surface area (Å²) in [6.45, 7) is 0.635. The van der Waals surface area contributed by atoms with E-state index in [1.165, 1.54) is 43.2 Å². The van der Waals surface area contributed by atoms with E-state index in [0.29, 0.717) is 35.1 Å². The van der Waals surface area contributed by atoms with E-state index in [0.717, 1.165) is 12.8 Å². The molecule has 1 aromatic carbocycles. The lowest BCUT2D eigenvalue weighted by Gasteiger charge is -2.21. The Hall–Kier alpha value is -3.88. The molecule has 9 heteroatoms. The van der Waals surface area contributed by atoms with Crippen molar-refractivity contribution < 1.29 is 14.3 Å². The third kappa shape index (κ3) is 5.49. The maximum Gasteiger partial charge on any atom is 0.323 e. The number of hydrogen-bond acceptors (Lipinski definition) is 5. The normalized spacial score (nSPS) is 14.0. The molecule has 0 saturated heterocycles. The Labute approximate surface area is 191 Å². The fraction of sp³-hybridized carbons (Fsp3) is 0.333. The quantitative estimate of drug-likeness (QED) is 0.531. The van der Waals surface area contributed by atoms with Gasteiger partial charge in [-0.2, -0.15) is 0 Å². The maximum absolute atomic E-state index is 12.9. The Bertz CT molecular complexity index is 1220. The number of carbonyl (C=O) groups is 2. The number of fused-ring (bicyclic) bond motifs is 1. The van der Waals surface area contributed by atoms with Crippen molar-refractivity contribution in [1.29, 1.82) is 0 Å². The van der Waals surface area contributed by atoms with Crippen molar-refractivity contribution in [3.63, 3.8) is 0 Å². The molecule has 172 valence electrons. The Kier molecular flexibility index (Phi) is 6.87. The zero-order chi connectivity index (χ0) is 23.2. The summed E-state index contributed by atoms with van der Waals surface area (Å²) < 4.78 is 6.40. The summed E-state index contributed by atoms with van der Waals surface area (Å²) in [5.74, 6) is 0.865. The molecule has 0 spiro atoms. The van der Waals surface area contributed by atoms with Crippen molar-refractivity contribution in [1.82, 2.24) is 14.7 Å². The van der Waals surface area contributed by atoms with Gasteiger partial charge in [0, 0.05) is 24.5 Å². The molecule has 1 fully saturated rings. The van der Waals surface area contributed by atoms with Crippen molar-refractivity contribution in [3.05, 3.63) is 64.7 Å². The van der Waals surface area contributed by atoms with Crippen LogP contribution in [0.4, 0.5) is 16.2 Å². The Morgan fingerprint density at radius 1 is 1.12 bits per heavy atom. The number of hydrogen-bond donors (Lipinski definition) is 3. The van der Waals surface area contributed by atoms with Gasteiger partial charge in [-0.15, -0.1) is 0 Å². The number of methoxy groups -OCH3 is 1. The van der Waals surface area contributed by atoms with Crippen LogP contribution in [0, 0.1) is 5.92 Å². The first-order valence-corrected chi connectivity index (χ1v) is 11.0. The van der Waals surface area contributed by atoms with Crippen LogP contribution in [0.15, 0.2) is 53.6 Å². The number of benzene rings is 1. The van der Waals surface area contributed by atoms with Crippen molar-refractivity contribution >= 4 is 29.0 Å². The molecular weight excluding hydrogens is 422 g/mol. The molecule has 0 atom stereocenters. The van der Waals surface area contributed by atoms with Crippen LogP contribution in [-0.2, 0) is 0 Å². The zero-order valence-electron chi connectivity index (χ0n) is 18.5. The average Bonchev–Trinajstić information content (AvgIpc) is 2.85. The van der Waals surface area contributed by atoms with E-state index < -0.39 is 11.6 Å². The molecule has 3 N–H and O–H groups in total. The van der Waals surface area contributed by atoms with E-state index in [2.05, 4.69) is 20.9 Å². The second kappa shape index (κ2) is 10.2. The summed E-state index contributed by atoms with van der Waals surface area (Å²) in [5.41, 5.74) is 0.760. The van der Waals surface area contributed by atoms with E-state index in [-0.39, 0.29) is 11.6 Å². The van der Waals surface area contributed by atoms with E-state index in [9.17, 15) is 14.4 Å². The number of amides is 3. The smallest absolute Gasteiger partial charge is 0.323 e. The van der Waals surface area contributed by atoms with E-state index in [4.69, 9.17) is 4.74 Å². The standard InChI is InChI=1S/C24H27N5O4/c1-33-19-9-5-8-18(12-19)27-24(32)28-20-14-25-21-11-10-17(15-29(21)23(20)31)22(30)26-13-16-6-3-2-4-7-16/h5,8-12,14-16H,2-4,6-7,13H2,1H3,(H,26,30)(H2,27,28,32). The highest BCUT2D eigenvalue weighted by Crippen LogP contribution is 2.23. The minimum atomic E-state index is -0.594. The molecule has 4 rings (SSSR count). The summed E-state index contributed by atoms with van der Waals surface area (Å²) in [4.78, 5) is 42.1. The third-order valence-electron chi connectivity index (χ3n) is 5.82. The first-order valence-electron chi connectivity index (χ1n) is 11.0. The molecule has 0 aliphatic heterocycles. The minimum Gasteiger partial charge on any atom is -0.497 e. The number of rotatable bonds is 6. The molecule has 2 heterocycles. The second-order valence-corrected chi connectivity index (χ2v) is 8.15. The summed E-state index contributed by atoms with van der Waals surface area (Å²) in [5, 5.41) is 8.14. The fourth-order valence-electron chi connectivity index (χ4n) is 4.01. The molecule has 2 aromatic heterocycles. The first kappa shape index (κ1) is 22.3. The fourth-order valence-corrected chi connectivity index (χ4v) is 4.01. The predicted molar refractivity (Wildman–Crippen MR) is 126 cm³/mol. The predicted octanol–water partition coefficient (Wildman–Crippen LogP) is 3.66. The Morgan fingerprint density at radius 3 is 2.73 bits per heavy atom. The van der Waals surface area contributed by atoms with Gasteiger partial charge in [0.1, 0.15) is 17.1 Å². The van der Waals surface area contributed by atoms with Gasteiger partial charge in [0.05, 0.1) is 18.9 Å². The van der Waals surface area contributed by atoms with Crippen LogP contribution in [0.1, 0.15) is 42.5 Å². The highest BCUT2D eigenvalue weighted by atomic mass is 16.5. The molecule has 9 nitrogen and oxygen atoms in total. The molecule has 1 aliphatic carbocycles. The monoisotopic (exact) mass is 449 g/mol. The summed E-state index contributed by atoms with van der Waals surface area (Å²) >= 11 is 0. The van der Waals surface area contributed by atoms with Crippen LogP contribution in [0.2, 0.25) is 0 Å². The first-order chi connectivity index (χ1) is 16.0. The van der Waals surface area contributed by atoms with Crippen molar-refractivity contribution in [2.45, 2.75) is 32.1 Å². The van der Waals surface area contributed by atoms with Gasteiger partial charge in [0.15, 0.2) is 0 Å². The number of anilines is 2. The molecule has 1 aliphatic rings. The van der Waals surface area contributed by atoms with Crippen molar-refractivity contribution in [2.24, 2.45) is 5.92 Å². The Balaban J connectivity index is 1.47. The zero-order valence-corrected chi connectivity index (χ0v) is 18.5. The topological polar surface area (TPSA) is 114 Å². The van der Waals surface area contributed by atoms with Crippen molar-refractivity contribution in [2.75, 3.05) is 24.3 Å². The average molecular weight is 450 g/mol. The number of nitrogens with zero attached hydrogens (tertiary/aromatic N) is 2. The number of ether oxygens (including phenoxy) is 1. The molecule has 3 aromatic rings. The van der Waals surface area contributed by atoms with Gasteiger partial charge in [-0.3, -0.25) is 14.0 Å². The van der Waals surface area contributed by atoms with Crippen molar-refractivity contribution in [3.8, 4) is 5.75 Å². The van der Waals surface area contributed by atoms with Gasteiger partial charge in [-0.1, -0.05) is 25.3 Å². The second-order valence-electron chi connectivity index (χ2n) is 8.15. The van der Waals surface area contributed by atoms with Gasteiger partial charge >= 0.3 is 6.03 Å². The summed E-state index contributed by atoms with van der Waals surface area (Å²) in [6, 6.07) is 9.50.